The first-order valence-corrected chi connectivity index (χ1v) is 9.52. The molecule has 1 aliphatic carbocycles. The Kier molecular flexibility index (Phi) is 3.55. The number of hydrogen-bond acceptors (Lipinski definition) is 4. The molecule has 2 N–H and O–H groups in total. The van der Waals surface area contributed by atoms with Gasteiger partial charge in [-0.1, -0.05) is 62.4 Å². The van der Waals surface area contributed by atoms with Gasteiger partial charge in [0, 0.05) is 17.7 Å². The van der Waals surface area contributed by atoms with E-state index in [1.807, 2.05) is 18.2 Å². The molecular formula is C20H22N2O2S. The highest BCUT2D eigenvalue weighted by molar-refractivity contribution is 7.10. The molecule has 130 valence electrons. The maximum absolute atomic E-state index is 13.2. The molecule has 5 heteroatoms. The van der Waals surface area contributed by atoms with Crippen molar-refractivity contribution >= 4 is 22.9 Å². The highest BCUT2D eigenvalue weighted by atomic mass is 32.1. The molecule has 25 heavy (non-hydrogen) atoms. The molecule has 2 heterocycles. The smallest absolute Gasteiger partial charge is 0.306 e. The van der Waals surface area contributed by atoms with Gasteiger partial charge in [-0.15, -0.1) is 0 Å². The largest absolute Gasteiger partial charge is 0.344 e. The summed E-state index contributed by atoms with van der Waals surface area (Å²) < 4.78 is 0. The highest BCUT2D eigenvalue weighted by Crippen LogP contribution is 2.54. The fraction of sp³-hybridized carbons (Fsp3) is 0.400. The number of carbonyl (C=O) groups excluding carboxylic acids is 1. The topological polar surface area (TPSA) is 62.0 Å². The summed E-state index contributed by atoms with van der Waals surface area (Å²) in [5.41, 5.74) is 2.27. The van der Waals surface area contributed by atoms with Gasteiger partial charge in [-0.05, 0) is 23.8 Å². The summed E-state index contributed by atoms with van der Waals surface area (Å²) in [5, 5.41) is 3.38. The molecule has 1 atom stereocenters. The van der Waals surface area contributed by atoms with E-state index in [1.54, 1.807) is 0 Å². The number of fused-ring (bicyclic) bond motifs is 1. The Balaban J connectivity index is 2.06. The number of thiazole rings is 1. The van der Waals surface area contributed by atoms with Gasteiger partial charge in [0.2, 0.25) is 0 Å². The number of hydrogen-bond donors (Lipinski definition) is 2. The molecule has 4 rings (SSSR count). The molecule has 4 nitrogen and oxygen atoms in total. The first kappa shape index (κ1) is 16.3. The van der Waals surface area contributed by atoms with Gasteiger partial charge in [-0.2, -0.15) is 0 Å². The summed E-state index contributed by atoms with van der Waals surface area (Å²) in [6.07, 6.45) is 2.08. The monoisotopic (exact) mass is 354 g/mol. The molecule has 2 aromatic rings. The zero-order valence-electron chi connectivity index (χ0n) is 14.7. The molecule has 0 amide bonds. The van der Waals surface area contributed by atoms with E-state index in [0.29, 0.717) is 6.42 Å². The molecule has 0 radical (unpaired) electrons. The van der Waals surface area contributed by atoms with Gasteiger partial charge in [0.25, 0.3) is 0 Å². The molecule has 1 aromatic carbocycles. The summed E-state index contributed by atoms with van der Waals surface area (Å²) in [5.74, 6) is 0.945. The minimum absolute atomic E-state index is 0.0765. The molecular weight excluding hydrogens is 332 g/mol. The van der Waals surface area contributed by atoms with Crippen LogP contribution < -0.4 is 10.2 Å². The van der Waals surface area contributed by atoms with Gasteiger partial charge >= 0.3 is 4.87 Å². The van der Waals surface area contributed by atoms with Crippen molar-refractivity contribution < 1.29 is 4.79 Å². The Morgan fingerprint density at radius 1 is 1.12 bits per heavy atom. The lowest BCUT2D eigenvalue weighted by molar-refractivity contribution is -0.118. The van der Waals surface area contributed by atoms with Crippen LogP contribution in [0, 0.1) is 5.41 Å². The lowest BCUT2D eigenvalue weighted by atomic mass is 9.62. The minimum atomic E-state index is -0.547. The number of Topliss-reactive ketones (excluding diaryl/α,β-unsaturated/α-hetero) is 1. The second kappa shape index (κ2) is 5.43. The normalized spacial score (nSPS) is 24.5. The van der Waals surface area contributed by atoms with E-state index in [-0.39, 0.29) is 16.1 Å². The number of carbonyl (C=O) groups is 1. The van der Waals surface area contributed by atoms with Crippen molar-refractivity contribution in [3.8, 4) is 0 Å². The molecule has 0 saturated heterocycles. The fourth-order valence-electron chi connectivity index (χ4n) is 4.44. The summed E-state index contributed by atoms with van der Waals surface area (Å²) in [6, 6.07) is 10.1. The molecule has 1 aliphatic heterocycles. The van der Waals surface area contributed by atoms with E-state index in [9.17, 15) is 9.59 Å². The molecule has 0 fully saturated rings. The predicted molar refractivity (Wildman–Crippen MR) is 101 cm³/mol. The number of allylic oxidation sites excluding steroid dienone is 2. The van der Waals surface area contributed by atoms with Crippen LogP contribution in [-0.4, -0.2) is 10.8 Å². The Morgan fingerprint density at radius 2 is 1.84 bits per heavy atom. The van der Waals surface area contributed by atoms with Crippen LogP contribution in [0.3, 0.4) is 0 Å². The van der Waals surface area contributed by atoms with Crippen molar-refractivity contribution in [2.75, 3.05) is 5.32 Å². The Morgan fingerprint density at radius 3 is 2.52 bits per heavy atom. The summed E-state index contributed by atoms with van der Waals surface area (Å²) in [6.45, 7) is 6.35. The molecule has 0 spiro atoms. The van der Waals surface area contributed by atoms with Crippen molar-refractivity contribution in [2.24, 2.45) is 5.41 Å². The van der Waals surface area contributed by atoms with Gasteiger partial charge in [-0.25, -0.2) is 0 Å². The molecule has 0 bridgehead atoms. The average molecular weight is 354 g/mol. The Hall–Kier alpha value is -2.14. The minimum Gasteiger partial charge on any atom is -0.344 e. The average Bonchev–Trinajstić information content (AvgIpc) is 2.92. The van der Waals surface area contributed by atoms with E-state index in [0.717, 1.165) is 40.4 Å². The van der Waals surface area contributed by atoms with Crippen LogP contribution >= 0.6 is 11.3 Å². The third-order valence-corrected chi connectivity index (χ3v) is 6.46. The molecule has 1 aromatic heterocycles. The van der Waals surface area contributed by atoms with Crippen LogP contribution in [0.15, 0.2) is 46.4 Å². The van der Waals surface area contributed by atoms with Crippen molar-refractivity contribution in [3.05, 3.63) is 61.7 Å². The SMILES string of the molecule is CCC1(c2ccccc2)C2=C(CC(C)(C)CC2=O)Nc2[nH]c(=O)sc21. The van der Waals surface area contributed by atoms with Gasteiger partial charge in [-0.3, -0.25) is 14.6 Å². The third kappa shape index (κ3) is 2.33. The fourth-order valence-corrected chi connectivity index (χ4v) is 5.52. The van der Waals surface area contributed by atoms with Gasteiger partial charge in [0.1, 0.15) is 5.82 Å². The number of anilines is 1. The lowest BCUT2D eigenvalue weighted by Crippen LogP contribution is -2.42. The lowest BCUT2D eigenvalue weighted by Gasteiger charge is -2.44. The number of H-pyrrole nitrogens is 1. The Bertz CT molecular complexity index is 936. The van der Waals surface area contributed by atoms with Crippen molar-refractivity contribution in [1.29, 1.82) is 0 Å². The maximum atomic E-state index is 13.2. The van der Waals surface area contributed by atoms with E-state index in [4.69, 9.17) is 0 Å². The number of ketones is 1. The van der Waals surface area contributed by atoms with Crippen LogP contribution in [0.1, 0.15) is 50.5 Å². The van der Waals surface area contributed by atoms with Crippen LogP contribution in [0.5, 0.6) is 0 Å². The number of nitrogens with one attached hydrogen (secondary N) is 2. The standard InChI is InChI=1S/C20H22N2O2S/c1-4-20(12-8-6-5-7-9-12)15-13(10-19(2,3)11-14(15)23)21-17-16(20)25-18(24)22-17/h5-9,21H,4,10-11H2,1-3H3,(H,22,24). The second-order valence-corrected chi connectivity index (χ2v) is 8.75. The van der Waals surface area contributed by atoms with E-state index >= 15 is 0 Å². The third-order valence-electron chi connectivity index (χ3n) is 5.41. The highest BCUT2D eigenvalue weighted by Gasteiger charge is 2.50. The summed E-state index contributed by atoms with van der Waals surface area (Å²) >= 11 is 1.21. The second-order valence-electron chi connectivity index (χ2n) is 7.76. The summed E-state index contributed by atoms with van der Waals surface area (Å²) in [7, 11) is 0. The number of aromatic amines is 1. The van der Waals surface area contributed by atoms with Gasteiger partial charge in [0.05, 0.1) is 10.3 Å². The molecule has 0 saturated carbocycles. The van der Waals surface area contributed by atoms with Crippen LogP contribution in [0.25, 0.3) is 0 Å². The van der Waals surface area contributed by atoms with Crippen molar-refractivity contribution in [3.63, 3.8) is 0 Å². The van der Waals surface area contributed by atoms with E-state index in [1.165, 1.54) is 11.3 Å². The van der Waals surface area contributed by atoms with Crippen LogP contribution in [0.4, 0.5) is 5.82 Å². The van der Waals surface area contributed by atoms with E-state index < -0.39 is 5.41 Å². The maximum Gasteiger partial charge on any atom is 0.306 e. The number of rotatable bonds is 2. The first-order chi connectivity index (χ1) is 11.9. The van der Waals surface area contributed by atoms with Crippen LogP contribution in [0.2, 0.25) is 0 Å². The molecule has 1 unspecified atom stereocenters. The van der Waals surface area contributed by atoms with E-state index in [2.05, 4.69) is 43.2 Å². The molecule has 2 aliphatic rings. The number of aromatic nitrogens is 1. The van der Waals surface area contributed by atoms with Gasteiger partial charge < -0.3 is 5.32 Å². The first-order valence-electron chi connectivity index (χ1n) is 8.70. The Labute approximate surface area is 151 Å². The van der Waals surface area contributed by atoms with Crippen molar-refractivity contribution in [2.45, 2.75) is 45.4 Å². The number of benzene rings is 1. The van der Waals surface area contributed by atoms with Crippen molar-refractivity contribution in [1.82, 2.24) is 4.98 Å². The van der Waals surface area contributed by atoms with Gasteiger partial charge in [0.15, 0.2) is 5.78 Å². The zero-order chi connectivity index (χ0) is 17.8. The zero-order valence-corrected chi connectivity index (χ0v) is 15.5. The predicted octanol–water partition coefficient (Wildman–Crippen LogP) is 4.20. The van der Waals surface area contributed by atoms with Crippen LogP contribution in [-0.2, 0) is 10.2 Å². The summed E-state index contributed by atoms with van der Waals surface area (Å²) in [4.78, 5) is 29.1. The quantitative estimate of drug-likeness (QED) is 0.849.